The summed E-state index contributed by atoms with van der Waals surface area (Å²) in [6.45, 7) is 7.24. The molecule has 0 unspecified atom stereocenters. The third-order valence-electron chi connectivity index (χ3n) is 4.03. The van der Waals surface area contributed by atoms with Crippen LogP contribution >= 0.6 is 11.3 Å². The summed E-state index contributed by atoms with van der Waals surface area (Å²) in [7, 11) is 1.87. The second-order valence-electron chi connectivity index (χ2n) is 7.35. The van der Waals surface area contributed by atoms with Gasteiger partial charge in [0.2, 0.25) is 0 Å². The van der Waals surface area contributed by atoms with Crippen molar-refractivity contribution in [1.82, 2.24) is 14.7 Å². The number of anilines is 1. The third kappa shape index (κ3) is 3.99. The molecular weight excluding hydrogens is 350 g/mol. The molecular formula is C18H23N5O2S. The summed E-state index contributed by atoms with van der Waals surface area (Å²) in [5.41, 5.74) is 2.28. The van der Waals surface area contributed by atoms with Gasteiger partial charge in [0.05, 0.1) is 18.3 Å². The molecule has 0 aromatic carbocycles. The number of carbonyl (C=O) groups excluding carboxylic acids is 1. The van der Waals surface area contributed by atoms with Crippen LogP contribution in [-0.4, -0.2) is 32.9 Å². The molecule has 1 N–H and O–H groups in total. The molecule has 0 bridgehead atoms. The number of rotatable bonds is 3. The fourth-order valence-corrected chi connectivity index (χ4v) is 4.08. The first kappa shape index (κ1) is 18.3. The largest absolute Gasteiger partial charge is 0.444 e. The zero-order valence-corrected chi connectivity index (χ0v) is 16.3. The molecule has 138 valence electrons. The van der Waals surface area contributed by atoms with E-state index in [1.165, 1.54) is 0 Å². The second-order valence-corrected chi connectivity index (χ2v) is 8.45. The van der Waals surface area contributed by atoms with Crippen LogP contribution < -0.4 is 5.32 Å². The molecule has 7 nitrogen and oxygen atoms in total. The van der Waals surface area contributed by atoms with Gasteiger partial charge >= 0.3 is 6.09 Å². The predicted molar refractivity (Wildman–Crippen MR) is 99.9 cm³/mol. The van der Waals surface area contributed by atoms with Crippen molar-refractivity contribution in [2.24, 2.45) is 7.05 Å². The van der Waals surface area contributed by atoms with Crippen LogP contribution in [0, 0.1) is 11.3 Å². The van der Waals surface area contributed by atoms with Gasteiger partial charge < -0.3 is 15.0 Å². The van der Waals surface area contributed by atoms with Gasteiger partial charge in [0.1, 0.15) is 16.7 Å². The molecule has 8 heteroatoms. The van der Waals surface area contributed by atoms with Crippen LogP contribution in [0.15, 0.2) is 12.4 Å². The first-order chi connectivity index (χ1) is 12.3. The van der Waals surface area contributed by atoms with Crippen LogP contribution in [0.2, 0.25) is 0 Å². The summed E-state index contributed by atoms with van der Waals surface area (Å²) in [4.78, 5) is 15.1. The maximum absolute atomic E-state index is 12.3. The van der Waals surface area contributed by atoms with Gasteiger partial charge in [-0.1, -0.05) is 0 Å². The molecule has 0 saturated heterocycles. The normalized spacial score (nSPS) is 13.9. The van der Waals surface area contributed by atoms with Crippen molar-refractivity contribution in [2.45, 2.75) is 45.9 Å². The number of amides is 1. The molecule has 2 aromatic rings. The quantitative estimate of drug-likeness (QED) is 0.893. The van der Waals surface area contributed by atoms with Crippen molar-refractivity contribution < 1.29 is 9.53 Å². The fraction of sp³-hybridized carbons (Fsp3) is 0.500. The summed E-state index contributed by atoms with van der Waals surface area (Å²) >= 11 is 1.54. The Kier molecular flexibility index (Phi) is 4.92. The Labute approximate surface area is 157 Å². The lowest BCUT2D eigenvalue weighted by Gasteiger charge is -2.29. The molecule has 3 heterocycles. The number of aryl methyl sites for hydroxylation is 1. The van der Waals surface area contributed by atoms with Gasteiger partial charge in [-0.25, -0.2) is 4.79 Å². The summed E-state index contributed by atoms with van der Waals surface area (Å²) in [5, 5.41) is 17.9. The molecule has 1 aliphatic rings. The predicted octanol–water partition coefficient (Wildman–Crippen LogP) is 3.26. The van der Waals surface area contributed by atoms with Crippen molar-refractivity contribution in [3.05, 3.63) is 34.0 Å². The number of hydrogen-bond acceptors (Lipinski definition) is 6. The molecule has 0 atom stereocenters. The molecule has 0 saturated carbocycles. The van der Waals surface area contributed by atoms with E-state index in [1.54, 1.807) is 27.1 Å². The van der Waals surface area contributed by atoms with Crippen LogP contribution in [0.3, 0.4) is 0 Å². The maximum Gasteiger partial charge on any atom is 0.410 e. The number of nitrogens with zero attached hydrogens (tertiary/aromatic N) is 4. The Morgan fingerprint density at radius 2 is 2.27 bits per heavy atom. The summed E-state index contributed by atoms with van der Waals surface area (Å²) in [6.07, 6.45) is 4.11. The summed E-state index contributed by atoms with van der Waals surface area (Å²) < 4.78 is 7.22. The average molecular weight is 373 g/mol. The van der Waals surface area contributed by atoms with E-state index in [1.807, 2.05) is 34.0 Å². The lowest BCUT2D eigenvalue weighted by molar-refractivity contribution is 0.0226. The lowest BCUT2D eigenvalue weighted by atomic mass is 10.0. The van der Waals surface area contributed by atoms with Gasteiger partial charge in [-0.05, 0) is 32.8 Å². The average Bonchev–Trinajstić information content (AvgIpc) is 3.13. The number of fused-ring (bicyclic) bond motifs is 1. The molecule has 3 rings (SSSR count). The van der Waals surface area contributed by atoms with Crippen LogP contribution in [0.5, 0.6) is 0 Å². The number of ether oxygens (including phenoxy) is 1. The van der Waals surface area contributed by atoms with Crippen molar-refractivity contribution in [1.29, 1.82) is 5.26 Å². The monoisotopic (exact) mass is 373 g/mol. The molecule has 26 heavy (non-hydrogen) atoms. The molecule has 2 aromatic heterocycles. The number of hydrogen-bond donors (Lipinski definition) is 1. The van der Waals surface area contributed by atoms with Crippen LogP contribution in [0.25, 0.3) is 0 Å². The second kappa shape index (κ2) is 7.00. The van der Waals surface area contributed by atoms with E-state index in [0.717, 1.165) is 21.0 Å². The first-order valence-electron chi connectivity index (χ1n) is 8.51. The Morgan fingerprint density at radius 3 is 2.88 bits per heavy atom. The van der Waals surface area contributed by atoms with Gasteiger partial charge in [0, 0.05) is 36.8 Å². The Balaban J connectivity index is 1.74. The molecule has 0 radical (unpaired) electrons. The van der Waals surface area contributed by atoms with E-state index in [4.69, 9.17) is 4.74 Å². The van der Waals surface area contributed by atoms with Crippen molar-refractivity contribution in [3.63, 3.8) is 0 Å². The van der Waals surface area contributed by atoms with Crippen molar-refractivity contribution in [3.8, 4) is 6.07 Å². The lowest BCUT2D eigenvalue weighted by Crippen LogP contribution is -2.39. The first-order valence-corrected chi connectivity index (χ1v) is 9.32. The minimum absolute atomic E-state index is 0.306. The number of carbonyl (C=O) groups is 1. The van der Waals surface area contributed by atoms with Crippen LogP contribution in [0.4, 0.5) is 9.80 Å². The number of aromatic nitrogens is 2. The minimum Gasteiger partial charge on any atom is -0.444 e. The maximum atomic E-state index is 12.3. The smallest absolute Gasteiger partial charge is 0.410 e. The molecule has 1 aliphatic heterocycles. The third-order valence-corrected chi connectivity index (χ3v) is 5.21. The highest BCUT2D eigenvalue weighted by Crippen LogP contribution is 2.37. The minimum atomic E-state index is -0.513. The van der Waals surface area contributed by atoms with E-state index in [2.05, 4.69) is 16.5 Å². The highest BCUT2D eigenvalue weighted by atomic mass is 32.1. The molecule has 0 aliphatic carbocycles. The molecule has 0 spiro atoms. The zero-order valence-electron chi connectivity index (χ0n) is 15.5. The van der Waals surface area contributed by atoms with Crippen molar-refractivity contribution in [2.75, 3.05) is 11.9 Å². The number of nitriles is 1. The van der Waals surface area contributed by atoms with E-state index in [0.29, 0.717) is 31.6 Å². The Morgan fingerprint density at radius 1 is 1.50 bits per heavy atom. The number of thiophene rings is 1. The van der Waals surface area contributed by atoms with Gasteiger partial charge in [-0.3, -0.25) is 4.68 Å². The molecule has 0 fully saturated rings. The fourth-order valence-electron chi connectivity index (χ4n) is 2.87. The van der Waals surface area contributed by atoms with Gasteiger partial charge in [0.25, 0.3) is 0 Å². The highest BCUT2D eigenvalue weighted by Gasteiger charge is 2.29. The van der Waals surface area contributed by atoms with Gasteiger partial charge in [0.15, 0.2) is 0 Å². The Bertz CT molecular complexity index is 856. The summed E-state index contributed by atoms with van der Waals surface area (Å²) in [6, 6.07) is 2.32. The standard InChI is InChI=1S/C18H23N5O2S/c1-18(2,3)25-17(24)23-6-5-13-14(7-19)16(26-15(13)11-23)20-8-12-9-21-22(4)10-12/h9-10,20H,5-6,8,11H2,1-4H3. The van der Waals surface area contributed by atoms with E-state index < -0.39 is 5.60 Å². The zero-order chi connectivity index (χ0) is 18.9. The SMILES string of the molecule is Cn1cc(CNc2sc3c(c2C#N)CCN(C(=O)OC(C)(C)C)C3)cn1. The number of nitrogens with one attached hydrogen (secondary N) is 1. The highest BCUT2D eigenvalue weighted by molar-refractivity contribution is 7.16. The summed E-state index contributed by atoms with van der Waals surface area (Å²) in [5.74, 6) is 0. The van der Waals surface area contributed by atoms with Crippen LogP contribution in [0.1, 0.15) is 42.3 Å². The van der Waals surface area contributed by atoms with Crippen LogP contribution in [-0.2, 0) is 31.3 Å². The molecule has 1 amide bonds. The van der Waals surface area contributed by atoms with Gasteiger partial charge in [-0.15, -0.1) is 11.3 Å². The van der Waals surface area contributed by atoms with E-state index >= 15 is 0 Å². The van der Waals surface area contributed by atoms with Gasteiger partial charge in [-0.2, -0.15) is 10.4 Å². The van der Waals surface area contributed by atoms with E-state index in [-0.39, 0.29) is 6.09 Å². The van der Waals surface area contributed by atoms with E-state index in [9.17, 15) is 10.1 Å². The van der Waals surface area contributed by atoms with Crippen molar-refractivity contribution >= 4 is 22.4 Å². The Hall–Kier alpha value is -2.53. The topological polar surface area (TPSA) is 83.2 Å².